The number of carbonyl (C=O) groups excluding carboxylic acids is 2. The molecule has 1 saturated heterocycles. The van der Waals surface area contributed by atoms with E-state index in [1.165, 1.54) is 7.11 Å². The van der Waals surface area contributed by atoms with Crippen LogP contribution in [-0.2, 0) is 25.5 Å². The average molecular weight is 307 g/mol. The van der Waals surface area contributed by atoms with Gasteiger partial charge in [-0.3, -0.25) is 4.79 Å². The first kappa shape index (κ1) is 16.3. The first-order valence-electron chi connectivity index (χ1n) is 7.26. The van der Waals surface area contributed by atoms with Gasteiger partial charge in [-0.1, -0.05) is 12.1 Å². The molecule has 2 atom stereocenters. The lowest BCUT2D eigenvalue weighted by atomic mass is 10.0. The van der Waals surface area contributed by atoms with Crippen LogP contribution in [0.5, 0.6) is 5.75 Å². The second-order valence-corrected chi connectivity index (χ2v) is 5.14. The van der Waals surface area contributed by atoms with Gasteiger partial charge in [0.1, 0.15) is 17.9 Å². The highest BCUT2D eigenvalue weighted by molar-refractivity contribution is 5.87. The molecular weight excluding hydrogens is 286 g/mol. The zero-order chi connectivity index (χ0) is 15.9. The lowest BCUT2D eigenvalue weighted by molar-refractivity contribution is -0.146. The molecule has 1 fully saturated rings. The molecule has 1 aromatic carbocycles. The molecule has 120 valence electrons. The normalized spacial score (nSPS) is 18.5. The van der Waals surface area contributed by atoms with Gasteiger partial charge in [-0.05, 0) is 30.5 Å². The highest BCUT2D eigenvalue weighted by atomic mass is 16.5. The maximum Gasteiger partial charge on any atom is 0.328 e. The minimum absolute atomic E-state index is 0.268. The van der Waals surface area contributed by atoms with Gasteiger partial charge in [0.05, 0.1) is 14.2 Å². The largest absolute Gasteiger partial charge is 0.497 e. The van der Waals surface area contributed by atoms with E-state index in [1.807, 2.05) is 24.3 Å². The number of methoxy groups -OCH3 is 2. The molecule has 1 aliphatic heterocycles. The third-order valence-corrected chi connectivity index (χ3v) is 3.60. The first-order chi connectivity index (χ1) is 10.6. The Hall–Kier alpha value is -2.08. The number of hydrogen-bond donors (Lipinski definition) is 1. The van der Waals surface area contributed by atoms with Crippen molar-refractivity contribution in [2.45, 2.75) is 31.4 Å². The van der Waals surface area contributed by atoms with Gasteiger partial charge in [-0.2, -0.15) is 0 Å². The molecule has 0 aromatic heterocycles. The summed E-state index contributed by atoms with van der Waals surface area (Å²) >= 11 is 0. The van der Waals surface area contributed by atoms with Gasteiger partial charge in [0.2, 0.25) is 5.91 Å². The standard InChI is InChI=1S/C16H21NO5/c1-20-12-6-3-5-11(9-12)10-13(16(19)21-2)17-15(18)14-7-4-8-22-14/h3,5-6,9,13-14H,4,7-8,10H2,1-2H3,(H,17,18)/t13-,14-/m0/s1. The van der Waals surface area contributed by atoms with Crippen molar-refractivity contribution in [1.29, 1.82) is 0 Å². The summed E-state index contributed by atoms with van der Waals surface area (Å²) in [6.07, 6.45) is 1.40. The Balaban J connectivity index is 2.05. The molecule has 0 radical (unpaired) electrons. The van der Waals surface area contributed by atoms with Crippen molar-refractivity contribution in [3.05, 3.63) is 29.8 Å². The molecule has 0 aliphatic carbocycles. The highest BCUT2D eigenvalue weighted by Gasteiger charge is 2.29. The average Bonchev–Trinajstić information content (AvgIpc) is 3.08. The van der Waals surface area contributed by atoms with Crippen LogP contribution in [0, 0.1) is 0 Å². The van der Waals surface area contributed by atoms with Crippen molar-refractivity contribution in [1.82, 2.24) is 5.32 Å². The van der Waals surface area contributed by atoms with Crippen LogP contribution in [0.4, 0.5) is 0 Å². The van der Waals surface area contributed by atoms with Crippen LogP contribution in [0.25, 0.3) is 0 Å². The van der Waals surface area contributed by atoms with Crippen LogP contribution in [0.3, 0.4) is 0 Å². The molecule has 1 amide bonds. The van der Waals surface area contributed by atoms with Crippen LogP contribution in [0.15, 0.2) is 24.3 Å². The molecule has 0 spiro atoms. The smallest absolute Gasteiger partial charge is 0.328 e. The zero-order valence-electron chi connectivity index (χ0n) is 12.8. The van der Waals surface area contributed by atoms with Crippen LogP contribution >= 0.6 is 0 Å². The van der Waals surface area contributed by atoms with Gasteiger partial charge >= 0.3 is 5.97 Å². The number of hydrogen-bond acceptors (Lipinski definition) is 5. The first-order valence-corrected chi connectivity index (χ1v) is 7.26. The lowest BCUT2D eigenvalue weighted by Gasteiger charge is -2.19. The number of amides is 1. The van der Waals surface area contributed by atoms with Crippen molar-refractivity contribution >= 4 is 11.9 Å². The van der Waals surface area contributed by atoms with Crippen molar-refractivity contribution in [2.24, 2.45) is 0 Å². The number of ether oxygens (including phenoxy) is 3. The summed E-state index contributed by atoms with van der Waals surface area (Å²) in [5.41, 5.74) is 0.877. The predicted molar refractivity (Wildman–Crippen MR) is 79.6 cm³/mol. The van der Waals surface area contributed by atoms with E-state index in [2.05, 4.69) is 5.32 Å². The monoisotopic (exact) mass is 307 g/mol. The molecule has 0 saturated carbocycles. The summed E-state index contributed by atoms with van der Waals surface area (Å²) in [6, 6.07) is 6.62. The quantitative estimate of drug-likeness (QED) is 0.796. The van der Waals surface area contributed by atoms with Crippen LogP contribution in [0.1, 0.15) is 18.4 Å². The van der Waals surface area contributed by atoms with Gasteiger partial charge in [0.25, 0.3) is 0 Å². The van der Waals surface area contributed by atoms with Crippen LogP contribution < -0.4 is 10.1 Å². The summed E-state index contributed by atoms with van der Waals surface area (Å²) < 4.78 is 15.3. The Labute approximate surface area is 129 Å². The van der Waals surface area contributed by atoms with Crippen LogP contribution in [-0.4, -0.2) is 44.8 Å². The fraction of sp³-hybridized carbons (Fsp3) is 0.500. The van der Waals surface area contributed by atoms with Crippen molar-refractivity contribution in [2.75, 3.05) is 20.8 Å². The van der Waals surface area contributed by atoms with Gasteiger partial charge < -0.3 is 19.5 Å². The SMILES string of the molecule is COC(=O)[C@H](Cc1cccc(OC)c1)NC(=O)[C@@H]1CCCO1. The van der Waals surface area contributed by atoms with E-state index in [4.69, 9.17) is 14.2 Å². The fourth-order valence-corrected chi connectivity index (χ4v) is 2.42. The van der Waals surface area contributed by atoms with E-state index in [0.717, 1.165) is 12.0 Å². The minimum atomic E-state index is -0.742. The summed E-state index contributed by atoms with van der Waals surface area (Å²) in [5, 5.41) is 2.72. The second-order valence-electron chi connectivity index (χ2n) is 5.14. The second kappa shape index (κ2) is 7.79. The van der Waals surface area contributed by atoms with Crippen molar-refractivity contribution in [3.8, 4) is 5.75 Å². The lowest BCUT2D eigenvalue weighted by Crippen LogP contribution is -2.47. The molecule has 6 nitrogen and oxygen atoms in total. The summed E-state index contributed by atoms with van der Waals surface area (Å²) in [4.78, 5) is 24.0. The Morgan fingerprint density at radius 3 is 2.86 bits per heavy atom. The number of nitrogens with one attached hydrogen (secondary N) is 1. The maximum absolute atomic E-state index is 12.1. The minimum Gasteiger partial charge on any atom is -0.497 e. The Morgan fingerprint density at radius 1 is 1.41 bits per heavy atom. The summed E-state index contributed by atoms with van der Waals surface area (Å²) in [5.74, 6) is -0.0449. The predicted octanol–water partition coefficient (Wildman–Crippen LogP) is 1.07. The summed E-state index contributed by atoms with van der Waals surface area (Å²) in [6.45, 7) is 0.580. The van der Waals surface area contributed by atoms with Crippen molar-refractivity contribution < 1.29 is 23.8 Å². The number of benzene rings is 1. The summed E-state index contributed by atoms with van der Waals surface area (Å²) in [7, 11) is 2.88. The van der Waals surface area contributed by atoms with Crippen molar-refractivity contribution in [3.63, 3.8) is 0 Å². The molecule has 6 heteroatoms. The third-order valence-electron chi connectivity index (χ3n) is 3.60. The molecule has 1 N–H and O–H groups in total. The van der Waals surface area contributed by atoms with E-state index >= 15 is 0 Å². The molecule has 22 heavy (non-hydrogen) atoms. The molecule has 1 heterocycles. The molecule has 1 aliphatic rings. The van der Waals surface area contributed by atoms with E-state index in [1.54, 1.807) is 7.11 Å². The fourth-order valence-electron chi connectivity index (χ4n) is 2.42. The van der Waals surface area contributed by atoms with Gasteiger partial charge in [0, 0.05) is 13.0 Å². The van der Waals surface area contributed by atoms with E-state index in [0.29, 0.717) is 25.2 Å². The highest BCUT2D eigenvalue weighted by Crippen LogP contribution is 2.16. The number of esters is 1. The van der Waals surface area contributed by atoms with Crippen LogP contribution in [0.2, 0.25) is 0 Å². The van der Waals surface area contributed by atoms with E-state index in [9.17, 15) is 9.59 Å². The number of carbonyl (C=O) groups is 2. The zero-order valence-corrected chi connectivity index (χ0v) is 12.8. The molecule has 1 aromatic rings. The molecule has 0 bridgehead atoms. The number of rotatable bonds is 6. The van der Waals surface area contributed by atoms with Gasteiger partial charge in [-0.25, -0.2) is 4.79 Å². The van der Waals surface area contributed by atoms with E-state index < -0.39 is 18.1 Å². The Bertz CT molecular complexity index is 525. The van der Waals surface area contributed by atoms with Gasteiger partial charge in [-0.15, -0.1) is 0 Å². The molecule has 0 unspecified atom stereocenters. The Morgan fingerprint density at radius 2 is 2.23 bits per heavy atom. The topological polar surface area (TPSA) is 73.9 Å². The third kappa shape index (κ3) is 4.21. The van der Waals surface area contributed by atoms with Gasteiger partial charge in [0.15, 0.2) is 0 Å². The Kier molecular flexibility index (Phi) is 5.77. The maximum atomic E-state index is 12.1. The molecule has 2 rings (SSSR count). The van der Waals surface area contributed by atoms with E-state index in [-0.39, 0.29) is 5.91 Å². The molecular formula is C16H21NO5.